The zero-order valence-electron chi connectivity index (χ0n) is 13.2. The molecule has 0 aliphatic rings. The lowest BCUT2D eigenvalue weighted by atomic mass is 10.1. The number of furan rings is 1. The van der Waals surface area contributed by atoms with Crippen LogP contribution in [-0.4, -0.2) is 24.9 Å². The number of hydrogen-bond donors (Lipinski definition) is 1. The third-order valence-electron chi connectivity index (χ3n) is 3.58. The molecule has 0 unspecified atom stereocenters. The third-order valence-corrected chi connectivity index (χ3v) is 3.58. The molecule has 4 aromatic rings. The quantitative estimate of drug-likeness (QED) is 0.601. The van der Waals surface area contributed by atoms with Crippen LogP contribution in [0, 0.1) is 0 Å². The molecule has 0 bridgehead atoms. The van der Waals surface area contributed by atoms with Crippen LogP contribution in [0.5, 0.6) is 0 Å². The molecule has 0 radical (unpaired) electrons. The van der Waals surface area contributed by atoms with Gasteiger partial charge in [-0.3, -0.25) is 15.0 Å². The molecule has 0 amide bonds. The molecule has 0 atom stereocenters. The van der Waals surface area contributed by atoms with Gasteiger partial charge in [0.2, 0.25) is 5.95 Å². The van der Waals surface area contributed by atoms with Crippen LogP contribution in [0.1, 0.15) is 5.56 Å². The van der Waals surface area contributed by atoms with Gasteiger partial charge >= 0.3 is 0 Å². The maximum atomic E-state index is 5.52. The maximum Gasteiger partial charge on any atom is 0.223 e. The van der Waals surface area contributed by atoms with Crippen molar-refractivity contribution in [1.82, 2.24) is 24.9 Å². The first-order valence-electron chi connectivity index (χ1n) is 7.70. The summed E-state index contributed by atoms with van der Waals surface area (Å²) in [6.07, 6.45) is 11.8. The second-order valence-corrected chi connectivity index (χ2v) is 5.23. The van der Waals surface area contributed by atoms with Gasteiger partial charge in [-0.05, 0) is 29.8 Å². The highest BCUT2D eigenvalue weighted by molar-refractivity contribution is 5.76. The van der Waals surface area contributed by atoms with Gasteiger partial charge in [0.05, 0.1) is 18.2 Å². The van der Waals surface area contributed by atoms with E-state index in [-0.39, 0.29) is 0 Å². The van der Waals surface area contributed by atoms with Crippen molar-refractivity contribution >= 4 is 5.95 Å². The van der Waals surface area contributed by atoms with Crippen LogP contribution in [0.4, 0.5) is 5.95 Å². The van der Waals surface area contributed by atoms with Gasteiger partial charge in [0, 0.05) is 43.1 Å². The van der Waals surface area contributed by atoms with Gasteiger partial charge in [0.25, 0.3) is 0 Å². The average Bonchev–Trinajstić information content (AvgIpc) is 3.22. The van der Waals surface area contributed by atoms with E-state index < -0.39 is 0 Å². The molecule has 4 heterocycles. The Morgan fingerprint density at radius 1 is 0.920 bits per heavy atom. The van der Waals surface area contributed by atoms with E-state index in [1.54, 1.807) is 43.4 Å². The van der Waals surface area contributed by atoms with Crippen molar-refractivity contribution in [3.8, 4) is 22.7 Å². The second-order valence-electron chi connectivity index (χ2n) is 5.23. The van der Waals surface area contributed by atoms with E-state index in [0.29, 0.717) is 29.6 Å². The van der Waals surface area contributed by atoms with Crippen molar-refractivity contribution in [1.29, 1.82) is 0 Å². The molecule has 25 heavy (non-hydrogen) atoms. The maximum absolute atomic E-state index is 5.52. The van der Waals surface area contributed by atoms with Gasteiger partial charge in [-0.25, -0.2) is 9.97 Å². The van der Waals surface area contributed by atoms with Crippen molar-refractivity contribution in [2.45, 2.75) is 6.54 Å². The molecule has 0 saturated carbocycles. The fourth-order valence-electron chi connectivity index (χ4n) is 2.38. The van der Waals surface area contributed by atoms with E-state index >= 15 is 0 Å². The van der Waals surface area contributed by atoms with Gasteiger partial charge in [-0.15, -0.1) is 0 Å². The zero-order valence-corrected chi connectivity index (χ0v) is 13.2. The normalized spacial score (nSPS) is 10.6. The van der Waals surface area contributed by atoms with Crippen LogP contribution in [0.3, 0.4) is 0 Å². The Hall–Kier alpha value is -3.61. The van der Waals surface area contributed by atoms with Gasteiger partial charge in [-0.2, -0.15) is 0 Å². The summed E-state index contributed by atoms with van der Waals surface area (Å²) in [5, 5.41) is 3.21. The van der Waals surface area contributed by atoms with Gasteiger partial charge < -0.3 is 9.73 Å². The van der Waals surface area contributed by atoms with E-state index in [1.807, 2.05) is 24.3 Å². The van der Waals surface area contributed by atoms with Crippen LogP contribution in [0.25, 0.3) is 22.7 Å². The number of nitrogens with one attached hydrogen (secondary N) is 1. The lowest BCUT2D eigenvalue weighted by Gasteiger charge is -2.09. The van der Waals surface area contributed by atoms with Crippen LogP contribution < -0.4 is 5.32 Å². The van der Waals surface area contributed by atoms with E-state index in [9.17, 15) is 0 Å². The fourth-order valence-corrected chi connectivity index (χ4v) is 2.38. The smallest absolute Gasteiger partial charge is 0.223 e. The Morgan fingerprint density at radius 3 is 2.60 bits per heavy atom. The minimum Gasteiger partial charge on any atom is -0.463 e. The first-order chi connectivity index (χ1) is 12.4. The van der Waals surface area contributed by atoms with Crippen molar-refractivity contribution in [2.24, 2.45) is 0 Å². The van der Waals surface area contributed by atoms with E-state index in [4.69, 9.17) is 4.42 Å². The standard InChI is InChI=1S/C18H14N6O/c1-2-16(25-9-1)17-14(15-12-20-7-8-21-15)11-23-18(24-17)22-10-13-3-5-19-6-4-13/h1-9,11-12H,10H2,(H,22,23,24). The van der Waals surface area contributed by atoms with Gasteiger partial charge in [0.15, 0.2) is 5.76 Å². The highest BCUT2D eigenvalue weighted by Crippen LogP contribution is 2.29. The molecule has 4 aromatic heterocycles. The summed E-state index contributed by atoms with van der Waals surface area (Å²) in [5.41, 5.74) is 3.21. The molecule has 0 aliphatic heterocycles. The summed E-state index contributed by atoms with van der Waals surface area (Å²) in [6.45, 7) is 0.602. The van der Waals surface area contributed by atoms with E-state index in [0.717, 1.165) is 11.1 Å². The Labute approximate surface area is 143 Å². The topological polar surface area (TPSA) is 89.6 Å². The number of aromatic nitrogens is 5. The highest BCUT2D eigenvalue weighted by atomic mass is 16.3. The Bertz CT molecular complexity index is 942. The number of nitrogens with zero attached hydrogens (tertiary/aromatic N) is 5. The Morgan fingerprint density at radius 2 is 1.84 bits per heavy atom. The van der Waals surface area contributed by atoms with Crippen LogP contribution in [0.2, 0.25) is 0 Å². The molecule has 0 fully saturated rings. The van der Waals surface area contributed by atoms with Crippen molar-refractivity contribution in [3.63, 3.8) is 0 Å². The number of rotatable bonds is 5. The molecular formula is C18H14N6O. The van der Waals surface area contributed by atoms with E-state index in [1.165, 1.54) is 0 Å². The zero-order chi connectivity index (χ0) is 16.9. The predicted octanol–water partition coefficient (Wildman–Crippen LogP) is 3.20. The highest BCUT2D eigenvalue weighted by Gasteiger charge is 2.14. The second kappa shape index (κ2) is 6.88. The fraction of sp³-hybridized carbons (Fsp3) is 0.0556. The lowest BCUT2D eigenvalue weighted by molar-refractivity contribution is 0.580. The van der Waals surface area contributed by atoms with Crippen molar-refractivity contribution < 1.29 is 4.42 Å². The molecule has 7 heteroatoms. The summed E-state index contributed by atoms with van der Waals surface area (Å²) in [5.74, 6) is 1.16. The average molecular weight is 330 g/mol. The largest absolute Gasteiger partial charge is 0.463 e. The minimum absolute atomic E-state index is 0.510. The van der Waals surface area contributed by atoms with Crippen LogP contribution in [0.15, 0.2) is 72.1 Å². The summed E-state index contributed by atoms with van der Waals surface area (Å²) in [7, 11) is 0. The summed E-state index contributed by atoms with van der Waals surface area (Å²) in [4.78, 5) is 21.5. The minimum atomic E-state index is 0.510. The van der Waals surface area contributed by atoms with Gasteiger partial charge in [0.1, 0.15) is 5.69 Å². The first-order valence-corrected chi connectivity index (χ1v) is 7.70. The molecule has 0 aromatic carbocycles. The van der Waals surface area contributed by atoms with Crippen LogP contribution in [-0.2, 0) is 6.54 Å². The molecular weight excluding hydrogens is 316 g/mol. The summed E-state index contributed by atoms with van der Waals surface area (Å²) in [6, 6.07) is 7.56. The first kappa shape index (κ1) is 14.9. The molecule has 0 aliphatic carbocycles. The van der Waals surface area contributed by atoms with Crippen molar-refractivity contribution in [2.75, 3.05) is 5.32 Å². The van der Waals surface area contributed by atoms with Gasteiger partial charge in [-0.1, -0.05) is 0 Å². The summed E-state index contributed by atoms with van der Waals surface area (Å²) >= 11 is 0. The molecule has 7 nitrogen and oxygen atoms in total. The summed E-state index contributed by atoms with van der Waals surface area (Å²) < 4.78 is 5.52. The lowest BCUT2D eigenvalue weighted by Crippen LogP contribution is -2.05. The number of hydrogen-bond acceptors (Lipinski definition) is 7. The monoisotopic (exact) mass is 330 g/mol. The van der Waals surface area contributed by atoms with Crippen LogP contribution >= 0.6 is 0 Å². The number of anilines is 1. The third kappa shape index (κ3) is 3.35. The van der Waals surface area contributed by atoms with E-state index in [2.05, 4.69) is 30.2 Å². The predicted molar refractivity (Wildman–Crippen MR) is 92.3 cm³/mol. The number of pyridine rings is 1. The molecule has 4 rings (SSSR count). The molecule has 0 spiro atoms. The molecule has 1 N–H and O–H groups in total. The van der Waals surface area contributed by atoms with Crippen molar-refractivity contribution in [3.05, 3.63) is 73.3 Å². The molecule has 122 valence electrons. The SMILES string of the molecule is c1coc(-c2nc(NCc3ccncc3)ncc2-c2cnccn2)c1. The Balaban J connectivity index is 1.68. The molecule has 0 saturated heterocycles. The Kier molecular flexibility index (Phi) is 4.11.